The molecule has 0 fully saturated rings. The van der Waals surface area contributed by atoms with Crippen LogP contribution in [0.25, 0.3) is 6.08 Å². The Kier molecular flexibility index (Phi) is 7.61. The maximum absolute atomic E-state index is 12.4. The van der Waals surface area contributed by atoms with E-state index >= 15 is 0 Å². The molecule has 0 saturated heterocycles. The summed E-state index contributed by atoms with van der Waals surface area (Å²) in [5, 5.41) is 2.73. The van der Waals surface area contributed by atoms with Gasteiger partial charge < -0.3 is 19.5 Å². The molecule has 0 unspecified atom stereocenters. The first-order valence-corrected chi connectivity index (χ1v) is 9.87. The van der Waals surface area contributed by atoms with E-state index in [1.54, 1.807) is 24.3 Å². The van der Waals surface area contributed by atoms with Crippen molar-refractivity contribution in [2.45, 2.75) is 6.61 Å². The quantitative estimate of drug-likeness (QED) is 0.366. The molecule has 0 heterocycles. The molecule has 0 aromatic heterocycles. The molecule has 1 amide bonds. The van der Waals surface area contributed by atoms with Crippen LogP contribution in [0.4, 0.5) is 14.5 Å². The zero-order valence-electron chi connectivity index (χ0n) is 16.3. The number of nitrogens with one attached hydrogen (secondary N) is 1. The van der Waals surface area contributed by atoms with Gasteiger partial charge in [0.25, 0.3) is 0 Å². The number of amides is 1. The predicted molar refractivity (Wildman–Crippen MR) is 118 cm³/mol. The van der Waals surface area contributed by atoms with E-state index in [1.165, 1.54) is 37.5 Å². The third kappa shape index (κ3) is 6.82. The molecule has 1 N–H and O–H groups in total. The highest BCUT2D eigenvalue weighted by Crippen LogP contribution is 2.30. The molecule has 0 aliphatic carbocycles. The lowest BCUT2D eigenvalue weighted by molar-refractivity contribution is -0.111. The Morgan fingerprint density at radius 3 is 2.23 bits per heavy atom. The number of hydrogen-bond acceptors (Lipinski definition) is 4. The maximum atomic E-state index is 12.4. The van der Waals surface area contributed by atoms with Crippen molar-refractivity contribution in [2.75, 3.05) is 12.4 Å². The van der Waals surface area contributed by atoms with E-state index in [-0.39, 0.29) is 17.4 Å². The minimum Gasteiger partial charge on any atom is -0.493 e. The van der Waals surface area contributed by atoms with Gasteiger partial charge in [-0.3, -0.25) is 4.79 Å². The molecule has 0 bridgehead atoms. The fraction of sp³-hybridized carbons (Fsp3) is 0.0870. The van der Waals surface area contributed by atoms with Crippen molar-refractivity contribution in [3.63, 3.8) is 0 Å². The number of anilines is 1. The second kappa shape index (κ2) is 10.6. The van der Waals surface area contributed by atoms with E-state index in [1.807, 2.05) is 24.3 Å². The van der Waals surface area contributed by atoms with Crippen LogP contribution in [0, 0.1) is 0 Å². The van der Waals surface area contributed by atoms with E-state index in [2.05, 4.69) is 26.0 Å². The van der Waals surface area contributed by atoms with Crippen molar-refractivity contribution in [3.8, 4) is 23.0 Å². The molecule has 3 aromatic rings. The van der Waals surface area contributed by atoms with Gasteiger partial charge in [0, 0.05) is 16.2 Å². The molecular formula is C23H18BrF2NO4. The van der Waals surface area contributed by atoms with Crippen LogP contribution in [0.2, 0.25) is 0 Å². The second-order valence-electron chi connectivity index (χ2n) is 6.19. The van der Waals surface area contributed by atoms with Crippen molar-refractivity contribution in [3.05, 3.63) is 82.8 Å². The predicted octanol–water partition coefficient (Wildman–Crippen LogP) is 6.50. The molecule has 3 aromatic carbocycles. The molecule has 8 heteroatoms. The first-order valence-electron chi connectivity index (χ1n) is 9.08. The average Bonchev–Trinajstić information content (AvgIpc) is 2.75. The number of halogens is 3. The fourth-order valence-corrected chi connectivity index (χ4v) is 2.85. The Morgan fingerprint density at radius 1 is 0.968 bits per heavy atom. The molecule has 0 saturated carbocycles. The maximum Gasteiger partial charge on any atom is 0.387 e. The van der Waals surface area contributed by atoms with Gasteiger partial charge >= 0.3 is 6.61 Å². The van der Waals surface area contributed by atoms with Crippen LogP contribution in [-0.4, -0.2) is 19.6 Å². The van der Waals surface area contributed by atoms with Gasteiger partial charge in [-0.1, -0.05) is 22.0 Å². The lowest BCUT2D eigenvalue weighted by atomic mass is 10.2. The zero-order valence-corrected chi connectivity index (χ0v) is 17.9. The van der Waals surface area contributed by atoms with Gasteiger partial charge in [0.05, 0.1) is 7.11 Å². The SMILES string of the molecule is COc1cc(C=CC(=O)Nc2ccc(Oc3ccc(Br)cc3)cc2)ccc1OC(F)F. The lowest BCUT2D eigenvalue weighted by Crippen LogP contribution is -2.07. The minimum absolute atomic E-state index is 0.0791. The molecule has 0 atom stereocenters. The number of alkyl halides is 2. The summed E-state index contributed by atoms with van der Waals surface area (Å²) in [4.78, 5) is 12.2. The second-order valence-corrected chi connectivity index (χ2v) is 7.11. The van der Waals surface area contributed by atoms with Crippen molar-refractivity contribution < 1.29 is 27.8 Å². The normalized spacial score (nSPS) is 10.9. The first kappa shape index (κ1) is 22.3. The first-order chi connectivity index (χ1) is 14.9. The number of hydrogen-bond donors (Lipinski definition) is 1. The molecular weight excluding hydrogens is 472 g/mol. The van der Waals surface area contributed by atoms with Crippen molar-refractivity contribution >= 4 is 33.6 Å². The largest absolute Gasteiger partial charge is 0.493 e. The summed E-state index contributed by atoms with van der Waals surface area (Å²) in [6, 6.07) is 18.8. The van der Waals surface area contributed by atoms with Crippen molar-refractivity contribution in [1.29, 1.82) is 0 Å². The summed E-state index contributed by atoms with van der Waals surface area (Å²) in [5.74, 6) is 1.04. The van der Waals surface area contributed by atoms with Gasteiger partial charge in [0.1, 0.15) is 11.5 Å². The Hall–Kier alpha value is -3.39. The summed E-state index contributed by atoms with van der Waals surface area (Å²) in [7, 11) is 1.35. The number of ether oxygens (including phenoxy) is 3. The third-order valence-corrected chi connectivity index (χ3v) is 4.53. The van der Waals surface area contributed by atoms with Gasteiger partial charge in [-0.15, -0.1) is 0 Å². The highest BCUT2D eigenvalue weighted by atomic mass is 79.9. The van der Waals surface area contributed by atoms with Gasteiger partial charge in [0.15, 0.2) is 11.5 Å². The average molecular weight is 490 g/mol. The van der Waals surface area contributed by atoms with E-state index in [0.717, 1.165) is 4.47 Å². The van der Waals surface area contributed by atoms with Gasteiger partial charge in [-0.05, 0) is 72.3 Å². The van der Waals surface area contributed by atoms with Crippen LogP contribution in [0.1, 0.15) is 5.56 Å². The summed E-state index contributed by atoms with van der Waals surface area (Å²) in [5.41, 5.74) is 1.18. The van der Waals surface area contributed by atoms with Crippen LogP contribution in [0.3, 0.4) is 0 Å². The molecule has 0 spiro atoms. The molecule has 160 valence electrons. The van der Waals surface area contributed by atoms with Crippen molar-refractivity contribution in [1.82, 2.24) is 0 Å². The number of carbonyl (C=O) groups excluding carboxylic acids is 1. The fourth-order valence-electron chi connectivity index (χ4n) is 2.58. The Balaban J connectivity index is 1.58. The van der Waals surface area contributed by atoms with Crippen LogP contribution >= 0.6 is 15.9 Å². The van der Waals surface area contributed by atoms with Crippen LogP contribution in [-0.2, 0) is 4.79 Å². The van der Waals surface area contributed by atoms with Crippen LogP contribution in [0.5, 0.6) is 23.0 Å². The molecule has 0 aliphatic heterocycles. The standard InChI is InChI=1S/C23H18BrF2NO4/c1-29-21-14-15(2-12-20(21)31-23(25)26)3-13-22(28)27-17-6-10-19(11-7-17)30-18-8-4-16(24)5-9-18/h2-14,23H,1H3,(H,27,28). The summed E-state index contributed by atoms with van der Waals surface area (Å²) < 4.78 is 40.9. The number of methoxy groups -OCH3 is 1. The number of carbonyl (C=O) groups is 1. The Morgan fingerprint density at radius 2 is 1.61 bits per heavy atom. The molecule has 3 rings (SSSR count). The summed E-state index contributed by atoms with van der Waals surface area (Å²) in [6.07, 6.45) is 2.86. The van der Waals surface area contributed by atoms with Gasteiger partial charge in [-0.25, -0.2) is 0 Å². The molecule has 31 heavy (non-hydrogen) atoms. The Bertz CT molecular complexity index is 1050. The summed E-state index contributed by atoms with van der Waals surface area (Å²) in [6.45, 7) is -2.95. The van der Waals surface area contributed by atoms with Crippen LogP contribution < -0.4 is 19.5 Å². The van der Waals surface area contributed by atoms with Gasteiger partial charge in [0.2, 0.25) is 5.91 Å². The highest BCUT2D eigenvalue weighted by Gasteiger charge is 2.10. The third-order valence-electron chi connectivity index (χ3n) is 4.00. The van der Waals surface area contributed by atoms with Gasteiger partial charge in [-0.2, -0.15) is 8.78 Å². The molecule has 0 radical (unpaired) electrons. The highest BCUT2D eigenvalue weighted by molar-refractivity contribution is 9.10. The lowest BCUT2D eigenvalue weighted by Gasteiger charge is -2.10. The smallest absolute Gasteiger partial charge is 0.387 e. The minimum atomic E-state index is -2.95. The van der Waals surface area contributed by atoms with Crippen molar-refractivity contribution in [2.24, 2.45) is 0 Å². The number of benzene rings is 3. The van der Waals surface area contributed by atoms with E-state index < -0.39 is 6.61 Å². The number of rotatable bonds is 8. The Labute approximate surface area is 186 Å². The topological polar surface area (TPSA) is 56.8 Å². The van der Waals surface area contributed by atoms with E-state index in [4.69, 9.17) is 9.47 Å². The van der Waals surface area contributed by atoms with E-state index in [0.29, 0.717) is 22.7 Å². The molecule has 5 nitrogen and oxygen atoms in total. The summed E-state index contributed by atoms with van der Waals surface area (Å²) >= 11 is 3.37. The monoisotopic (exact) mass is 489 g/mol. The zero-order chi connectivity index (χ0) is 22.2. The van der Waals surface area contributed by atoms with Crippen LogP contribution in [0.15, 0.2) is 77.3 Å². The molecule has 0 aliphatic rings. The van der Waals surface area contributed by atoms with E-state index in [9.17, 15) is 13.6 Å².